The molecular formula is C15H21N3O3. The maximum absolute atomic E-state index is 11.5. The molecule has 21 heavy (non-hydrogen) atoms. The van der Waals surface area contributed by atoms with Gasteiger partial charge in [0.05, 0.1) is 31.1 Å². The fraction of sp³-hybridized carbons (Fsp3) is 0.467. The fourth-order valence-electron chi connectivity index (χ4n) is 2.22. The third kappa shape index (κ3) is 3.80. The zero-order valence-electron chi connectivity index (χ0n) is 12.7. The van der Waals surface area contributed by atoms with Crippen molar-refractivity contribution in [3.63, 3.8) is 0 Å². The molecule has 2 aromatic rings. The van der Waals surface area contributed by atoms with Crippen molar-refractivity contribution in [1.82, 2.24) is 14.7 Å². The van der Waals surface area contributed by atoms with Crippen molar-refractivity contribution >= 4 is 16.9 Å². The van der Waals surface area contributed by atoms with Crippen molar-refractivity contribution in [3.8, 4) is 0 Å². The van der Waals surface area contributed by atoms with Gasteiger partial charge in [-0.2, -0.15) is 5.10 Å². The molecule has 1 heterocycles. The van der Waals surface area contributed by atoms with Crippen LogP contribution in [0, 0.1) is 0 Å². The molecule has 0 amide bonds. The average molecular weight is 291 g/mol. The first-order chi connectivity index (χ1) is 10.2. The van der Waals surface area contributed by atoms with Crippen LogP contribution in [0.4, 0.5) is 0 Å². The number of hydrogen-bond donors (Lipinski definition) is 0. The number of benzene rings is 1. The number of esters is 1. The first-order valence-electron chi connectivity index (χ1n) is 6.87. The molecule has 0 aliphatic heterocycles. The summed E-state index contributed by atoms with van der Waals surface area (Å²) in [6.07, 6.45) is 2.75. The van der Waals surface area contributed by atoms with Gasteiger partial charge in [0.15, 0.2) is 0 Å². The lowest BCUT2D eigenvalue weighted by Gasteiger charge is -2.16. The summed E-state index contributed by atoms with van der Waals surface area (Å²) in [5.74, 6) is -0.332. The summed E-state index contributed by atoms with van der Waals surface area (Å²) in [5, 5.41) is 5.31. The van der Waals surface area contributed by atoms with Gasteiger partial charge in [0.1, 0.15) is 0 Å². The normalized spacial score (nSPS) is 11.2. The van der Waals surface area contributed by atoms with E-state index in [2.05, 4.69) is 10.00 Å². The van der Waals surface area contributed by atoms with Gasteiger partial charge < -0.3 is 9.47 Å². The van der Waals surface area contributed by atoms with Crippen LogP contribution in [0.25, 0.3) is 10.9 Å². The van der Waals surface area contributed by atoms with Gasteiger partial charge in [0.2, 0.25) is 0 Å². The Labute approximate surface area is 124 Å². The largest absolute Gasteiger partial charge is 0.465 e. The van der Waals surface area contributed by atoms with Crippen molar-refractivity contribution in [3.05, 3.63) is 30.0 Å². The monoisotopic (exact) mass is 291 g/mol. The second-order valence-electron chi connectivity index (χ2n) is 4.98. The lowest BCUT2D eigenvalue weighted by molar-refractivity contribution is 0.0601. The van der Waals surface area contributed by atoms with E-state index in [0.717, 1.165) is 30.5 Å². The van der Waals surface area contributed by atoms with E-state index in [9.17, 15) is 4.79 Å². The maximum atomic E-state index is 11.5. The minimum Gasteiger partial charge on any atom is -0.465 e. The molecule has 0 radical (unpaired) electrons. The highest BCUT2D eigenvalue weighted by Gasteiger charge is 2.10. The molecule has 0 aliphatic rings. The summed E-state index contributed by atoms with van der Waals surface area (Å²) in [7, 11) is 5.14. The summed E-state index contributed by atoms with van der Waals surface area (Å²) in [6.45, 7) is 2.40. The molecule has 114 valence electrons. The molecule has 0 saturated carbocycles. The van der Waals surface area contributed by atoms with Crippen molar-refractivity contribution in [2.75, 3.05) is 34.4 Å². The number of methoxy groups -OCH3 is 2. The number of nitrogens with zero attached hydrogens (tertiary/aromatic N) is 3. The highest BCUT2D eigenvalue weighted by molar-refractivity contribution is 5.94. The van der Waals surface area contributed by atoms with E-state index in [4.69, 9.17) is 9.47 Å². The highest BCUT2D eigenvalue weighted by atomic mass is 16.5. The van der Waals surface area contributed by atoms with Gasteiger partial charge in [0.25, 0.3) is 0 Å². The Hall–Kier alpha value is -1.92. The molecule has 0 N–H and O–H groups in total. The predicted molar refractivity (Wildman–Crippen MR) is 80.2 cm³/mol. The van der Waals surface area contributed by atoms with Crippen LogP contribution in [-0.2, 0) is 16.1 Å². The summed E-state index contributed by atoms with van der Waals surface area (Å²) < 4.78 is 11.7. The molecule has 0 saturated heterocycles. The van der Waals surface area contributed by atoms with Gasteiger partial charge in [0, 0.05) is 25.6 Å². The zero-order chi connectivity index (χ0) is 15.2. The zero-order valence-corrected chi connectivity index (χ0v) is 12.7. The molecule has 0 unspecified atom stereocenters. The standard InChI is InChI=1S/C15H21N3O3/c1-17(7-4-8-20-2)11-18-14-6-5-12(15(19)21-3)9-13(14)10-16-18/h5-6,9-10H,4,7-8,11H2,1-3H3. The second-order valence-corrected chi connectivity index (χ2v) is 4.98. The molecule has 0 fully saturated rings. The van der Waals surface area contributed by atoms with E-state index in [0.29, 0.717) is 12.2 Å². The fourth-order valence-corrected chi connectivity index (χ4v) is 2.22. The van der Waals surface area contributed by atoms with E-state index in [1.165, 1.54) is 7.11 Å². The van der Waals surface area contributed by atoms with E-state index in [1.54, 1.807) is 25.4 Å². The third-order valence-electron chi connectivity index (χ3n) is 3.33. The van der Waals surface area contributed by atoms with Crippen molar-refractivity contribution in [2.24, 2.45) is 0 Å². The topological polar surface area (TPSA) is 56.6 Å². The Balaban J connectivity index is 2.09. The molecule has 6 nitrogen and oxygen atoms in total. The molecule has 6 heteroatoms. The summed E-state index contributed by atoms with van der Waals surface area (Å²) in [6, 6.07) is 5.46. The van der Waals surface area contributed by atoms with Crippen LogP contribution < -0.4 is 0 Å². The Kier molecular flexibility index (Phi) is 5.30. The number of rotatable bonds is 7. The van der Waals surface area contributed by atoms with Crippen LogP contribution in [0.2, 0.25) is 0 Å². The smallest absolute Gasteiger partial charge is 0.337 e. The van der Waals surface area contributed by atoms with Crippen molar-refractivity contribution in [2.45, 2.75) is 13.1 Å². The van der Waals surface area contributed by atoms with E-state index in [1.807, 2.05) is 17.8 Å². The minimum absolute atomic E-state index is 0.332. The SMILES string of the molecule is COCCCN(C)Cn1ncc2cc(C(=O)OC)ccc21. The van der Waals surface area contributed by atoms with Crippen LogP contribution in [0.1, 0.15) is 16.8 Å². The molecule has 0 spiro atoms. The molecular weight excluding hydrogens is 270 g/mol. The molecule has 1 aromatic heterocycles. The first-order valence-corrected chi connectivity index (χ1v) is 6.87. The van der Waals surface area contributed by atoms with Gasteiger partial charge in [-0.3, -0.25) is 9.58 Å². The Morgan fingerprint density at radius 3 is 2.90 bits per heavy atom. The molecule has 1 aromatic carbocycles. The number of ether oxygens (including phenoxy) is 2. The second kappa shape index (κ2) is 7.19. The van der Waals surface area contributed by atoms with Gasteiger partial charge in [-0.1, -0.05) is 0 Å². The van der Waals surface area contributed by atoms with Crippen molar-refractivity contribution in [1.29, 1.82) is 0 Å². The van der Waals surface area contributed by atoms with Crippen LogP contribution in [0.15, 0.2) is 24.4 Å². The van der Waals surface area contributed by atoms with Gasteiger partial charge in [-0.05, 0) is 31.7 Å². The van der Waals surface area contributed by atoms with Crippen LogP contribution in [0.5, 0.6) is 0 Å². The van der Waals surface area contributed by atoms with E-state index >= 15 is 0 Å². The van der Waals surface area contributed by atoms with Gasteiger partial charge in [-0.15, -0.1) is 0 Å². The predicted octanol–water partition coefficient (Wildman–Crippen LogP) is 1.75. The van der Waals surface area contributed by atoms with Crippen LogP contribution in [0.3, 0.4) is 0 Å². The summed E-state index contributed by atoms with van der Waals surface area (Å²) >= 11 is 0. The van der Waals surface area contributed by atoms with Gasteiger partial charge in [-0.25, -0.2) is 4.79 Å². The maximum Gasteiger partial charge on any atom is 0.337 e. The summed E-state index contributed by atoms with van der Waals surface area (Å²) in [5.41, 5.74) is 1.54. The number of carbonyl (C=O) groups excluding carboxylic acids is 1. The Morgan fingerprint density at radius 1 is 1.38 bits per heavy atom. The number of aromatic nitrogens is 2. The Bertz CT molecular complexity index is 609. The number of fused-ring (bicyclic) bond motifs is 1. The molecule has 0 bridgehead atoms. The Morgan fingerprint density at radius 2 is 2.19 bits per heavy atom. The molecule has 2 rings (SSSR count). The average Bonchev–Trinajstić information content (AvgIpc) is 2.89. The molecule has 0 aliphatic carbocycles. The third-order valence-corrected chi connectivity index (χ3v) is 3.33. The highest BCUT2D eigenvalue weighted by Crippen LogP contribution is 2.16. The minimum atomic E-state index is -0.332. The number of carbonyl (C=O) groups is 1. The lowest BCUT2D eigenvalue weighted by atomic mass is 10.1. The lowest BCUT2D eigenvalue weighted by Crippen LogP contribution is -2.24. The van der Waals surface area contributed by atoms with Crippen molar-refractivity contribution < 1.29 is 14.3 Å². The molecule has 0 atom stereocenters. The van der Waals surface area contributed by atoms with E-state index in [-0.39, 0.29) is 5.97 Å². The quantitative estimate of drug-likeness (QED) is 0.574. The first kappa shape index (κ1) is 15.5. The van der Waals surface area contributed by atoms with E-state index < -0.39 is 0 Å². The van der Waals surface area contributed by atoms with Gasteiger partial charge >= 0.3 is 5.97 Å². The van der Waals surface area contributed by atoms with Crippen LogP contribution >= 0.6 is 0 Å². The van der Waals surface area contributed by atoms with Crippen LogP contribution in [-0.4, -0.2) is 55.1 Å². The summed E-state index contributed by atoms with van der Waals surface area (Å²) in [4.78, 5) is 13.7. The number of hydrogen-bond acceptors (Lipinski definition) is 5.